The molecule has 4 aromatic rings. The molecule has 0 saturated heterocycles. The maximum atomic E-state index is 13.6. The van der Waals surface area contributed by atoms with Crippen LogP contribution in [0.25, 0.3) is 22.3 Å². The van der Waals surface area contributed by atoms with Crippen LogP contribution in [-0.4, -0.2) is 32.2 Å². The molecule has 0 aliphatic rings. The first-order valence-electron chi connectivity index (χ1n) is 9.18. The molecule has 0 fully saturated rings. The fourth-order valence-electron chi connectivity index (χ4n) is 3.24. The van der Waals surface area contributed by atoms with Crippen molar-refractivity contribution in [1.82, 2.24) is 25.1 Å². The van der Waals surface area contributed by atoms with E-state index in [1.165, 1.54) is 0 Å². The molecule has 1 atom stereocenters. The second kappa shape index (κ2) is 7.83. The average Bonchev–Trinajstić information content (AvgIpc) is 3.37. The third kappa shape index (κ3) is 3.73. The Morgan fingerprint density at radius 3 is 2.62 bits per heavy atom. The van der Waals surface area contributed by atoms with E-state index in [0.29, 0.717) is 22.4 Å². The second-order valence-corrected chi connectivity index (χ2v) is 6.75. The fourth-order valence-corrected chi connectivity index (χ4v) is 3.24. The lowest BCUT2D eigenvalue weighted by molar-refractivity contribution is 0.0703. The van der Waals surface area contributed by atoms with Gasteiger partial charge in [-0.05, 0) is 18.2 Å². The molecule has 1 unspecified atom stereocenters. The fraction of sp³-hybridized carbons (Fsp3) is 0.190. The number of carbonyl (C=O) groups is 1. The molecular formula is C21H19F2N5O. The quantitative estimate of drug-likeness (QED) is 0.509. The predicted octanol–water partition coefficient (Wildman–Crippen LogP) is 4.36. The van der Waals surface area contributed by atoms with E-state index in [1.807, 2.05) is 30.3 Å². The molecule has 0 bridgehead atoms. The van der Waals surface area contributed by atoms with Gasteiger partial charge in [-0.15, -0.1) is 0 Å². The molecule has 1 amide bonds. The van der Waals surface area contributed by atoms with Gasteiger partial charge in [0, 0.05) is 18.0 Å². The van der Waals surface area contributed by atoms with Gasteiger partial charge in [0.1, 0.15) is 11.5 Å². The summed E-state index contributed by atoms with van der Waals surface area (Å²) >= 11 is 0. The third-order valence-electron chi connectivity index (χ3n) is 4.72. The normalized spacial score (nSPS) is 12.4. The van der Waals surface area contributed by atoms with Crippen molar-refractivity contribution < 1.29 is 13.6 Å². The molecule has 0 saturated carbocycles. The van der Waals surface area contributed by atoms with Crippen molar-refractivity contribution in [3.63, 3.8) is 0 Å². The highest BCUT2D eigenvalue weighted by atomic mass is 19.3. The van der Waals surface area contributed by atoms with Gasteiger partial charge in [0.05, 0.1) is 16.7 Å². The summed E-state index contributed by atoms with van der Waals surface area (Å²) in [7, 11) is 0. The van der Waals surface area contributed by atoms with Crippen molar-refractivity contribution >= 4 is 16.9 Å². The van der Waals surface area contributed by atoms with Crippen molar-refractivity contribution in [2.75, 3.05) is 6.54 Å². The highest BCUT2D eigenvalue weighted by Crippen LogP contribution is 2.27. The summed E-state index contributed by atoms with van der Waals surface area (Å²) in [5.41, 5.74) is 2.72. The molecule has 0 spiro atoms. The highest BCUT2D eigenvalue weighted by Gasteiger charge is 2.22. The monoisotopic (exact) mass is 395 g/mol. The zero-order valence-corrected chi connectivity index (χ0v) is 15.6. The van der Waals surface area contributed by atoms with Gasteiger partial charge in [0.25, 0.3) is 5.91 Å². The van der Waals surface area contributed by atoms with Crippen LogP contribution in [-0.2, 0) is 0 Å². The summed E-state index contributed by atoms with van der Waals surface area (Å²) in [5, 5.41) is 9.64. The number of alkyl halides is 2. The van der Waals surface area contributed by atoms with E-state index in [4.69, 9.17) is 0 Å². The minimum absolute atomic E-state index is 0.161. The SMILES string of the molecule is CC(CNC(=O)c1cc(-c2ccccc2)n[nH]1)c1nc2ccccc2n1C(F)F. The Balaban J connectivity index is 1.48. The van der Waals surface area contributed by atoms with Gasteiger partial charge in [0.15, 0.2) is 0 Å². The Labute approximate surface area is 165 Å². The molecule has 8 heteroatoms. The zero-order chi connectivity index (χ0) is 20.4. The zero-order valence-electron chi connectivity index (χ0n) is 15.6. The molecule has 2 aromatic carbocycles. The third-order valence-corrected chi connectivity index (χ3v) is 4.72. The Bertz CT molecular complexity index is 1140. The van der Waals surface area contributed by atoms with Gasteiger partial charge >= 0.3 is 6.55 Å². The lowest BCUT2D eigenvalue weighted by Crippen LogP contribution is -2.29. The summed E-state index contributed by atoms with van der Waals surface area (Å²) in [6, 6.07) is 17.9. The van der Waals surface area contributed by atoms with Crippen LogP contribution in [0.15, 0.2) is 60.7 Å². The minimum atomic E-state index is -2.71. The summed E-state index contributed by atoms with van der Waals surface area (Å²) < 4.78 is 28.1. The first-order chi connectivity index (χ1) is 14.0. The largest absolute Gasteiger partial charge is 0.350 e. The van der Waals surface area contributed by atoms with Crippen LogP contribution >= 0.6 is 0 Å². The summed E-state index contributed by atoms with van der Waals surface area (Å²) in [6.07, 6.45) is 0. The smallest absolute Gasteiger partial charge is 0.320 e. The van der Waals surface area contributed by atoms with Crippen molar-refractivity contribution in [3.8, 4) is 11.3 Å². The standard InChI is InChI=1S/C21H19F2N5O/c1-13(19-25-15-9-5-6-10-18(15)28(19)21(22)23)12-24-20(29)17-11-16(26-27-17)14-7-3-2-4-8-14/h2-11,13,21H,12H2,1H3,(H,24,29)(H,26,27). The van der Waals surface area contributed by atoms with E-state index in [9.17, 15) is 13.6 Å². The molecule has 0 aliphatic heterocycles. The number of halogens is 2. The van der Waals surface area contributed by atoms with Gasteiger partial charge in [-0.25, -0.2) is 4.98 Å². The maximum Gasteiger partial charge on any atom is 0.320 e. The van der Waals surface area contributed by atoms with E-state index in [-0.39, 0.29) is 18.3 Å². The number of benzene rings is 2. The average molecular weight is 395 g/mol. The van der Waals surface area contributed by atoms with Crippen LogP contribution in [0.1, 0.15) is 35.7 Å². The molecule has 4 rings (SSSR count). The number of para-hydroxylation sites is 2. The number of aromatic nitrogens is 4. The number of H-pyrrole nitrogens is 1. The molecular weight excluding hydrogens is 376 g/mol. The van der Waals surface area contributed by atoms with E-state index >= 15 is 0 Å². The molecule has 2 heterocycles. The second-order valence-electron chi connectivity index (χ2n) is 6.75. The first kappa shape index (κ1) is 18.8. The number of fused-ring (bicyclic) bond motifs is 1. The Morgan fingerprint density at radius 1 is 1.14 bits per heavy atom. The summed E-state index contributed by atoms with van der Waals surface area (Å²) in [4.78, 5) is 16.8. The van der Waals surface area contributed by atoms with Crippen LogP contribution in [0.5, 0.6) is 0 Å². The van der Waals surface area contributed by atoms with Gasteiger partial charge in [-0.1, -0.05) is 49.4 Å². The van der Waals surface area contributed by atoms with Crippen molar-refractivity contribution in [2.45, 2.75) is 19.4 Å². The van der Waals surface area contributed by atoms with E-state index in [1.54, 1.807) is 37.3 Å². The van der Waals surface area contributed by atoms with Gasteiger partial charge in [0.2, 0.25) is 0 Å². The number of carbonyl (C=O) groups excluding carboxylic acids is 1. The van der Waals surface area contributed by atoms with Gasteiger partial charge in [-0.2, -0.15) is 13.9 Å². The van der Waals surface area contributed by atoms with Crippen LogP contribution in [0.2, 0.25) is 0 Å². The number of nitrogens with zero attached hydrogens (tertiary/aromatic N) is 3. The Morgan fingerprint density at radius 2 is 1.86 bits per heavy atom. The maximum absolute atomic E-state index is 13.6. The van der Waals surface area contributed by atoms with E-state index in [0.717, 1.165) is 10.1 Å². The Kier molecular flexibility index (Phi) is 5.07. The van der Waals surface area contributed by atoms with Gasteiger partial charge < -0.3 is 5.32 Å². The van der Waals surface area contributed by atoms with Crippen LogP contribution < -0.4 is 5.32 Å². The molecule has 0 radical (unpaired) electrons. The van der Waals surface area contributed by atoms with Crippen molar-refractivity contribution in [1.29, 1.82) is 0 Å². The number of rotatable bonds is 6. The van der Waals surface area contributed by atoms with Crippen LogP contribution in [0.4, 0.5) is 8.78 Å². The van der Waals surface area contributed by atoms with Crippen LogP contribution in [0.3, 0.4) is 0 Å². The highest BCUT2D eigenvalue weighted by molar-refractivity contribution is 5.93. The number of hydrogen-bond donors (Lipinski definition) is 2. The predicted molar refractivity (Wildman–Crippen MR) is 106 cm³/mol. The lowest BCUT2D eigenvalue weighted by atomic mass is 10.1. The van der Waals surface area contributed by atoms with E-state index in [2.05, 4.69) is 20.5 Å². The number of imidazole rings is 1. The van der Waals surface area contributed by atoms with Gasteiger partial charge in [-0.3, -0.25) is 14.5 Å². The minimum Gasteiger partial charge on any atom is -0.350 e. The molecule has 2 N–H and O–H groups in total. The van der Waals surface area contributed by atoms with Crippen LogP contribution in [0, 0.1) is 0 Å². The summed E-state index contributed by atoms with van der Waals surface area (Å²) in [6.45, 7) is -0.798. The topological polar surface area (TPSA) is 75.6 Å². The molecule has 148 valence electrons. The number of aromatic amines is 1. The van der Waals surface area contributed by atoms with E-state index < -0.39 is 12.5 Å². The molecule has 2 aromatic heterocycles. The Hall–Kier alpha value is -3.55. The molecule has 6 nitrogen and oxygen atoms in total. The first-order valence-corrected chi connectivity index (χ1v) is 9.18. The lowest BCUT2D eigenvalue weighted by Gasteiger charge is -2.14. The molecule has 0 aliphatic carbocycles. The number of hydrogen-bond acceptors (Lipinski definition) is 3. The number of nitrogens with one attached hydrogen (secondary N) is 2. The van der Waals surface area contributed by atoms with Crippen molar-refractivity contribution in [3.05, 3.63) is 72.2 Å². The number of amides is 1. The summed E-state index contributed by atoms with van der Waals surface area (Å²) in [5.74, 6) is -0.529. The molecule has 29 heavy (non-hydrogen) atoms. The van der Waals surface area contributed by atoms with Crippen molar-refractivity contribution in [2.24, 2.45) is 0 Å².